The summed E-state index contributed by atoms with van der Waals surface area (Å²) in [5.74, 6) is 0.129. The van der Waals surface area contributed by atoms with Crippen LogP contribution < -0.4 is 0 Å². The molecule has 0 N–H and O–H groups in total. The lowest BCUT2D eigenvalue weighted by molar-refractivity contribution is 0.0498. The van der Waals surface area contributed by atoms with Crippen LogP contribution in [0.4, 0.5) is 0 Å². The van der Waals surface area contributed by atoms with Crippen molar-refractivity contribution < 1.29 is 4.79 Å². The Bertz CT molecular complexity index is 389. The summed E-state index contributed by atoms with van der Waals surface area (Å²) in [6.45, 7) is 7.03. The minimum atomic E-state index is 0.129. The quantitative estimate of drug-likeness (QED) is 0.789. The summed E-state index contributed by atoms with van der Waals surface area (Å²) in [5.41, 5.74) is 0.716. The predicted octanol–water partition coefficient (Wildman–Crippen LogP) is 2.31. The largest absolute Gasteiger partial charge is 0.332 e. The fraction of sp³-hybridized carbons (Fsp3) is 0.692. The molecule has 2 atom stereocenters. The number of likely N-dealkylation sites (tertiary alicyclic amines) is 1. The number of aromatic nitrogens is 2. The highest BCUT2D eigenvalue weighted by Crippen LogP contribution is 2.24. The second-order valence-electron chi connectivity index (χ2n) is 4.87. The van der Waals surface area contributed by atoms with E-state index in [1.54, 1.807) is 10.9 Å². The molecule has 0 aliphatic carbocycles. The van der Waals surface area contributed by atoms with Crippen molar-refractivity contribution in [3.63, 3.8) is 0 Å². The summed E-state index contributed by atoms with van der Waals surface area (Å²) in [4.78, 5) is 14.5. The number of hydrogen-bond donors (Lipinski definition) is 0. The first-order valence-electron chi connectivity index (χ1n) is 6.49. The molecule has 1 fully saturated rings. The van der Waals surface area contributed by atoms with Crippen molar-refractivity contribution in [2.75, 3.05) is 0 Å². The molecule has 17 heavy (non-hydrogen) atoms. The Balaban J connectivity index is 2.24. The average molecular weight is 235 g/mol. The summed E-state index contributed by atoms with van der Waals surface area (Å²) in [6, 6.07) is 2.50. The van der Waals surface area contributed by atoms with Crippen molar-refractivity contribution in [2.45, 2.75) is 58.7 Å². The van der Waals surface area contributed by atoms with Gasteiger partial charge in [0, 0.05) is 24.8 Å². The van der Waals surface area contributed by atoms with Crippen LogP contribution in [0, 0.1) is 0 Å². The van der Waals surface area contributed by atoms with E-state index in [0.29, 0.717) is 17.8 Å². The van der Waals surface area contributed by atoms with Crippen LogP contribution >= 0.6 is 0 Å². The van der Waals surface area contributed by atoms with Gasteiger partial charge in [0.15, 0.2) is 0 Å². The topological polar surface area (TPSA) is 38.1 Å². The van der Waals surface area contributed by atoms with E-state index in [2.05, 4.69) is 18.9 Å². The van der Waals surface area contributed by atoms with Gasteiger partial charge in [-0.3, -0.25) is 9.48 Å². The van der Waals surface area contributed by atoms with E-state index in [9.17, 15) is 4.79 Å². The highest BCUT2D eigenvalue weighted by molar-refractivity contribution is 5.93. The van der Waals surface area contributed by atoms with Crippen LogP contribution in [0.1, 0.15) is 50.5 Å². The SMILES string of the molecule is CCn1nccc1C(=O)N1C(C)CCCC1C. The molecule has 2 heterocycles. The third-order valence-corrected chi connectivity index (χ3v) is 3.66. The standard InChI is InChI=1S/C13H21N3O/c1-4-15-12(8-9-14-15)13(17)16-10(2)6-5-7-11(16)3/h8-11H,4-7H2,1-3H3. The van der Waals surface area contributed by atoms with Crippen LogP contribution in [0.25, 0.3) is 0 Å². The third kappa shape index (κ3) is 2.21. The maximum Gasteiger partial charge on any atom is 0.272 e. The van der Waals surface area contributed by atoms with Crippen LogP contribution in [-0.2, 0) is 6.54 Å². The predicted molar refractivity (Wildman–Crippen MR) is 66.8 cm³/mol. The van der Waals surface area contributed by atoms with Crippen LogP contribution in [-0.4, -0.2) is 32.7 Å². The molecular weight excluding hydrogens is 214 g/mol. The molecule has 2 unspecified atom stereocenters. The molecule has 1 amide bonds. The van der Waals surface area contributed by atoms with Crippen molar-refractivity contribution in [3.05, 3.63) is 18.0 Å². The number of amides is 1. The molecule has 1 aromatic heterocycles. The number of nitrogens with zero attached hydrogens (tertiary/aromatic N) is 3. The Morgan fingerprint density at radius 3 is 2.65 bits per heavy atom. The number of aryl methyl sites for hydroxylation is 1. The summed E-state index contributed by atoms with van der Waals surface area (Å²) < 4.78 is 1.77. The van der Waals surface area contributed by atoms with Crippen molar-refractivity contribution in [1.29, 1.82) is 0 Å². The zero-order valence-corrected chi connectivity index (χ0v) is 10.9. The summed E-state index contributed by atoms with van der Waals surface area (Å²) in [7, 11) is 0. The Hall–Kier alpha value is -1.32. The molecule has 0 aromatic carbocycles. The summed E-state index contributed by atoms with van der Waals surface area (Å²) in [6.07, 6.45) is 5.14. The lowest BCUT2D eigenvalue weighted by Crippen LogP contribution is -2.48. The van der Waals surface area contributed by atoms with Crippen molar-refractivity contribution in [2.24, 2.45) is 0 Å². The molecule has 1 aliphatic heterocycles. The Morgan fingerprint density at radius 2 is 2.06 bits per heavy atom. The molecule has 94 valence electrons. The van der Waals surface area contributed by atoms with E-state index in [1.165, 1.54) is 6.42 Å². The fourth-order valence-electron chi connectivity index (χ4n) is 2.72. The van der Waals surface area contributed by atoms with Crippen LogP contribution in [0.2, 0.25) is 0 Å². The Kier molecular flexibility index (Phi) is 3.50. The second kappa shape index (κ2) is 4.90. The highest BCUT2D eigenvalue weighted by atomic mass is 16.2. The molecule has 1 aromatic rings. The first-order valence-corrected chi connectivity index (χ1v) is 6.49. The first-order chi connectivity index (χ1) is 8.15. The van der Waals surface area contributed by atoms with Crippen molar-refractivity contribution in [1.82, 2.24) is 14.7 Å². The van der Waals surface area contributed by atoms with E-state index in [0.717, 1.165) is 19.4 Å². The molecule has 0 saturated carbocycles. The summed E-state index contributed by atoms with van der Waals surface area (Å²) in [5, 5.41) is 4.17. The minimum Gasteiger partial charge on any atom is -0.332 e. The van der Waals surface area contributed by atoms with Gasteiger partial charge in [-0.1, -0.05) is 0 Å². The lowest BCUT2D eigenvalue weighted by atomic mass is 9.97. The number of rotatable bonds is 2. The maximum atomic E-state index is 12.5. The molecule has 0 bridgehead atoms. The van der Waals surface area contributed by atoms with E-state index >= 15 is 0 Å². The van der Waals surface area contributed by atoms with E-state index in [-0.39, 0.29) is 5.91 Å². The van der Waals surface area contributed by atoms with Gasteiger partial charge in [0.1, 0.15) is 5.69 Å². The Morgan fingerprint density at radius 1 is 1.41 bits per heavy atom. The number of piperidine rings is 1. The smallest absolute Gasteiger partial charge is 0.272 e. The molecule has 0 radical (unpaired) electrons. The molecule has 1 aliphatic rings. The van der Waals surface area contributed by atoms with Crippen LogP contribution in [0.15, 0.2) is 12.3 Å². The Labute approximate surface area is 103 Å². The van der Waals surface area contributed by atoms with E-state index in [4.69, 9.17) is 0 Å². The normalized spacial score (nSPS) is 25.0. The van der Waals surface area contributed by atoms with Gasteiger partial charge < -0.3 is 4.90 Å². The van der Waals surface area contributed by atoms with Crippen LogP contribution in [0.5, 0.6) is 0 Å². The first kappa shape index (κ1) is 12.1. The van der Waals surface area contributed by atoms with Gasteiger partial charge in [-0.15, -0.1) is 0 Å². The van der Waals surface area contributed by atoms with Gasteiger partial charge in [0.2, 0.25) is 0 Å². The van der Waals surface area contributed by atoms with E-state index in [1.807, 2.05) is 17.9 Å². The molecule has 4 heteroatoms. The van der Waals surface area contributed by atoms with Crippen LogP contribution in [0.3, 0.4) is 0 Å². The molecule has 4 nitrogen and oxygen atoms in total. The fourth-order valence-corrected chi connectivity index (χ4v) is 2.72. The lowest BCUT2D eigenvalue weighted by Gasteiger charge is -2.39. The highest BCUT2D eigenvalue weighted by Gasteiger charge is 2.30. The van der Waals surface area contributed by atoms with Gasteiger partial charge in [0.05, 0.1) is 0 Å². The number of carbonyl (C=O) groups excluding carboxylic acids is 1. The molecule has 2 rings (SSSR count). The van der Waals surface area contributed by atoms with Gasteiger partial charge >= 0.3 is 0 Å². The van der Waals surface area contributed by atoms with Gasteiger partial charge in [-0.2, -0.15) is 5.10 Å². The average Bonchev–Trinajstić information content (AvgIpc) is 2.76. The zero-order chi connectivity index (χ0) is 12.4. The summed E-state index contributed by atoms with van der Waals surface area (Å²) >= 11 is 0. The number of carbonyl (C=O) groups is 1. The second-order valence-corrected chi connectivity index (χ2v) is 4.87. The van der Waals surface area contributed by atoms with Crippen molar-refractivity contribution in [3.8, 4) is 0 Å². The third-order valence-electron chi connectivity index (χ3n) is 3.66. The van der Waals surface area contributed by atoms with Gasteiger partial charge in [-0.05, 0) is 46.1 Å². The maximum absolute atomic E-state index is 12.5. The monoisotopic (exact) mass is 235 g/mol. The molecular formula is C13H21N3O. The van der Waals surface area contributed by atoms with E-state index < -0.39 is 0 Å². The van der Waals surface area contributed by atoms with Crippen molar-refractivity contribution >= 4 is 5.91 Å². The van der Waals surface area contributed by atoms with Gasteiger partial charge in [-0.25, -0.2) is 0 Å². The minimum absolute atomic E-state index is 0.129. The van der Waals surface area contributed by atoms with Gasteiger partial charge in [0.25, 0.3) is 5.91 Å². The molecule has 0 spiro atoms. The zero-order valence-electron chi connectivity index (χ0n) is 10.9. The molecule has 1 saturated heterocycles. The number of hydrogen-bond acceptors (Lipinski definition) is 2.